The van der Waals surface area contributed by atoms with Gasteiger partial charge in [-0.15, -0.1) is 10.2 Å². The fourth-order valence-corrected chi connectivity index (χ4v) is 4.55. The van der Waals surface area contributed by atoms with E-state index in [2.05, 4.69) is 40.7 Å². The molecule has 0 spiro atoms. The second-order valence-corrected chi connectivity index (χ2v) is 8.10. The zero-order valence-corrected chi connectivity index (χ0v) is 16.7. The van der Waals surface area contributed by atoms with Gasteiger partial charge in [0, 0.05) is 24.5 Å². The fraction of sp³-hybridized carbons (Fsp3) is 0.500. The summed E-state index contributed by atoms with van der Waals surface area (Å²) in [6.07, 6.45) is 4.43. The maximum absolute atomic E-state index is 12.6. The van der Waals surface area contributed by atoms with E-state index in [1.807, 2.05) is 17.0 Å². The first-order valence-corrected chi connectivity index (χ1v) is 10.7. The van der Waals surface area contributed by atoms with Gasteiger partial charge in [-0.25, -0.2) is 4.98 Å². The lowest BCUT2D eigenvalue weighted by Gasteiger charge is -2.33. The Balaban J connectivity index is 1.58. The number of hydrogen-bond acceptors (Lipinski definition) is 5. The first-order valence-electron chi connectivity index (χ1n) is 9.73. The fourth-order valence-electron chi connectivity index (χ4n) is 3.88. The highest BCUT2D eigenvalue weighted by molar-refractivity contribution is 7.99. The number of para-hydroxylation sites is 1. The summed E-state index contributed by atoms with van der Waals surface area (Å²) in [5.74, 6) is 0.538. The van der Waals surface area contributed by atoms with Crippen LogP contribution in [0.4, 0.5) is 0 Å². The van der Waals surface area contributed by atoms with E-state index in [-0.39, 0.29) is 5.91 Å². The maximum atomic E-state index is 12.6. The maximum Gasteiger partial charge on any atom is 0.233 e. The molecular formula is C20H25N5OS. The average Bonchev–Trinajstić information content (AvgIpc) is 3.00. The summed E-state index contributed by atoms with van der Waals surface area (Å²) in [4.78, 5) is 19.3. The number of amides is 1. The first kappa shape index (κ1) is 18.2. The third kappa shape index (κ3) is 3.52. The van der Waals surface area contributed by atoms with Crippen molar-refractivity contribution in [2.45, 2.75) is 57.3 Å². The Bertz CT molecular complexity index is 970. The van der Waals surface area contributed by atoms with Crippen molar-refractivity contribution in [1.29, 1.82) is 0 Å². The molecule has 0 aliphatic carbocycles. The van der Waals surface area contributed by atoms with Gasteiger partial charge in [-0.1, -0.05) is 36.9 Å². The zero-order chi connectivity index (χ0) is 18.8. The van der Waals surface area contributed by atoms with Crippen LogP contribution < -0.4 is 0 Å². The second-order valence-electron chi connectivity index (χ2n) is 7.16. The predicted molar refractivity (Wildman–Crippen MR) is 109 cm³/mol. The lowest BCUT2D eigenvalue weighted by Crippen LogP contribution is -2.42. The normalized spacial score (nSPS) is 17.7. The molecule has 1 unspecified atom stereocenters. The molecule has 0 N–H and O–H groups in total. The van der Waals surface area contributed by atoms with Gasteiger partial charge in [0.1, 0.15) is 5.52 Å². The van der Waals surface area contributed by atoms with Crippen molar-refractivity contribution >= 4 is 39.7 Å². The van der Waals surface area contributed by atoms with E-state index in [9.17, 15) is 4.79 Å². The van der Waals surface area contributed by atoms with Crippen LogP contribution in [-0.2, 0) is 11.3 Å². The smallest absolute Gasteiger partial charge is 0.233 e. The van der Waals surface area contributed by atoms with E-state index in [0.717, 1.165) is 54.4 Å². The highest BCUT2D eigenvalue weighted by atomic mass is 32.2. The minimum absolute atomic E-state index is 0.171. The molecule has 1 fully saturated rings. The molecule has 1 aromatic carbocycles. The number of fused-ring (bicyclic) bond motifs is 3. The van der Waals surface area contributed by atoms with E-state index in [4.69, 9.17) is 4.98 Å². The number of rotatable bonds is 5. The van der Waals surface area contributed by atoms with Gasteiger partial charge in [-0.3, -0.25) is 4.79 Å². The molecule has 142 valence electrons. The van der Waals surface area contributed by atoms with Crippen molar-refractivity contribution in [3.8, 4) is 0 Å². The highest BCUT2D eigenvalue weighted by Crippen LogP contribution is 2.27. The van der Waals surface area contributed by atoms with Crippen LogP contribution in [0.1, 0.15) is 39.5 Å². The number of piperidine rings is 1. The third-order valence-corrected chi connectivity index (χ3v) is 6.07. The van der Waals surface area contributed by atoms with Gasteiger partial charge in [0.25, 0.3) is 0 Å². The zero-order valence-electron chi connectivity index (χ0n) is 15.9. The molecule has 2 aromatic heterocycles. The molecule has 3 heterocycles. The van der Waals surface area contributed by atoms with Crippen LogP contribution >= 0.6 is 11.8 Å². The SMILES string of the molecule is CCCn1c2ccccc2c2nnc(SCC(=O)N3CCCCC3C)nc21. The van der Waals surface area contributed by atoms with Crippen LogP contribution in [0.5, 0.6) is 0 Å². The molecule has 0 bridgehead atoms. The first-order chi connectivity index (χ1) is 13.2. The minimum atomic E-state index is 0.171. The van der Waals surface area contributed by atoms with E-state index in [1.54, 1.807) is 0 Å². The van der Waals surface area contributed by atoms with Crippen molar-refractivity contribution in [2.75, 3.05) is 12.3 Å². The molecule has 1 amide bonds. The molecule has 6 nitrogen and oxygen atoms in total. The van der Waals surface area contributed by atoms with Crippen molar-refractivity contribution in [3.05, 3.63) is 24.3 Å². The molecule has 0 saturated carbocycles. The Morgan fingerprint density at radius 2 is 2.11 bits per heavy atom. The number of benzene rings is 1. The summed E-state index contributed by atoms with van der Waals surface area (Å²) in [5, 5.41) is 10.4. The molecule has 1 atom stereocenters. The van der Waals surface area contributed by atoms with Crippen LogP contribution in [0.15, 0.2) is 29.4 Å². The van der Waals surface area contributed by atoms with Crippen molar-refractivity contribution in [1.82, 2.24) is 24.6 Å². The molecule has 1 aliphatic heterocycles. The Morgan fingerprint density at radius 1 is 1.26 bits per heavy atom. The van der Waals surface area contributed by atoms with Gasteiger partial charge in [-0.05, 0) is 38.7 Å². The molecule has 0 radical (unpaired) electrons. The van der Waals surface area contributed by atoms with Gasteiger partial charge < -0.3 is 9.47 Å². The summed E-state index contributed by atoms with van der Waals surface area (Å²) in [7, 11) is 0. The number of hydrogen-bond donors (Lipinski definition) is 0. The van der Waals surface area contributed by atoms with Gasteiger partial charge >= 0.3 is 0 Å². The summed E-state index contributed by atoms with van der Waals surface area (Å²) >= 11 is 1.39. The lowest BCUT2D eigenvalue weighted by molar-refractivity contribution is -0.131. The van der Waals surface area contributed by atoms with Gasteiger partial charge in [-0.2, -0.15) is 0 Å². The second kappa shape index (κ2) is 7.84. The van der Waals surface area contributed by atoms with Crippen molar-refractivity contribution in [3.63, 3.8) is 0 Å². The Morgan fingerprint density at radius 3 is 2.93 bits per heavy atom. The number of carbonyl (C=O) groups excluding carboxylic acids is 1. The van der Waals surface area contributed by atoms with Crippen LogP contribution in [0.2, 0.25) is 0 Å². The Hall–Kier alpha value is -2.15. The van der Waals surface area contributed by atoms with Gasteiger partial charge in [0.15, 0.2) is 5.65 Å². The van der Waals surface area contributed by atoms with Crippen LogP contribution in [0.3, 0.4) is 0 Å². The number of nitrogens with zero attached hydrogens (tertiary/aromatic N) is 5. The average molecular weight is 384 g/mol. The quantitative estimate of drug-likeness (QED) is 0.626. The predicted octanol–water partition coefficient (Wildman–Crippen LogP) is 3.88. The minimum Gasteiger partial charge on any atom is -0.339 e. The highest BCUT2D eigenvalue weighted by Gasteiger charge is 2.23. The number of aryl methyl sites for hydroxylation is 1. The Kier molecular flexibility index (Phi) is 5.29. The van der Waals surface area contributed by atoms with E-state index in [0.29, 0.717) is 17.0 Å². The molecule has 7 heteroatoms. The third-order valence-electron chi connectivity index (χ3n) is 5.25. The van der Waals surface area contributed by atoms with Crippen molar-refractivity contribution < 1.29 is 4.79 Å². The largest absolute Gasteiger partial charge is 0.339 e. The number of likely N-dealkylation sites (tertiary alicyclic amines) is 1. The van der Waals surface area contributed by atoms with Gasteiger partial charge in [0.05, 0.1) is 11.3 Å². The standard InChI is InChI=1S/C20H25N5OS/c1-3-11-25-16-10-5-4-9-15(16)18-19(25)21-20(23-22-18)27-13-17(26)24-12-7-6-8-14(24)2/h4-5,9-10,14H,3,6-8,11-13H2,1-2H3. The summed E-state index contributed by atoms with van der Waals surface area (Å²) in [6.45, 7) is 6.04. The summed E-state index contributed by atoms with van der Waals surface area (Å²) < 4.78 is 2.21. The van der Waals surface area contributed by atoms with Gasteiger partial charge in [0.2, 0.25) is 11.1 Å². The van der Waals surface area contributed by atoms with Crippen LogP contribution in [0, 0.1) is 0 Å². The molecule has 3 aromatic rings. The van der Waals surface area contributed by atoms with Crippen molar-refractivity contribution in [2.24, 2.45) is 0 Å². The summed E-state index contributed by atoms with van der Waals surface area (Å²) in [5.41, 5.74) is 2.82. The lowest BCUT2D eigenvalue weighted by atomic mass is 10.0. The Labute approximate surface area is 163 Å². The molecule has 1 saturated heterocycles. The topological polar surface area (TPSA) is 63.9 Å². The van der Waals surface area contributed by atoms with Crippen LogP contribution in [-0.4, -0.2) is 48.9 Å². The van der Waals surface area contributed by atoms with E-state index < -0.39 is 0 Å². The van der Waals surface area contributed by atoms with Crippen LogP contribution in [0.25, 0.3) is 22.1 Å². The van der Waals surface area contributed by atoms with E-state index in [1.165, 1.54) is 18.2 Å². The molecular weight excluding hydrogens is 358 g/mol. The molecule has 1 aliphatic rings. The number of aromatic nitrogens is 4. The number of thioether (sulfide) groups is 1. The summed E-state index contributed by atoms with van der Waals surface area (Å²) in [6, 6.07) is 8.55. The molecule has 4 rings (SSSR count). The van der Waals surface area contributed by atoms with E-state index >= 15 is 0 Å². The monoisotopic (exact) mass is 383 g/mol. The number of carbonyl (C=O) groups is 1. The molecule has 27 heavy (non-hydrogen) atoms.